The van der Waals surface area contributed by atoms with Crippen LogP contribution in [0, 0.1) is 13.8 Å². The molecule has 0 radical (unpaired) electrons. The highest BCUT2D eigenvalue weighted by molar-refractivity contribution is 5.67. The van der Waals surface area contributed by atoms with Crippen LogP contribution in [0.5, 0.6) is 0 Å². The number of ether oxygens (including phenoxy) is 1. The number of hydrogen-bond donors (Lipinski definition) is 2. The third-order valence-electron chi connectivity index (χ3n) is 3.16. The van der Waals surface area contributed by atoms with Gasteiger partial charge >= 0.3 is 6.09 Å². The number of alkyl carbamates (subject to hydrolysis) is 1. The van der Waals surface area contributed by atoms with E-state index in [2.05, 4.69) is 22.7 Å². The van der Waals surface area contributed by atoms with Crippen molar-refractivity contribution in [3.8, 4) is 0 Å². The van der Waals surface area contributed by atoms with Crippen molar-refractivity contribution in [1.82, 2.24) is 20.4 Å². The first kappa shape index (κ1) is 17.5. The van der Waals surface area contributed by atoms with Crippen molar-refractivity contribution in [3.05, 3.63) is 17.0 Å². The SMILES string of the molecule is Cc1nn(C)c(C)c1CNCCCNC(=O)OC(C)(C)C. The molecular formula is C15H28N4O2. The van der Waals surface area contributed by atoms with Crippen LogP contribution in [0.2, 0.25) is 0 Å². The predicted molar refractivity (Wildman–Crippen MR) is 83.2 cm³/mol. The summed E-state index contributed by atoms with van der Waals surface area (Å²) in [6, 6.07) is 0. The molecule has 0 atom stereocenters. The second-order valence-corrected chi connectivity index (χ2v) is 6.23. The molecule has 120 valence electrons. The second-order valence-electron chi connectivity index (χ2n) is 6.23. The molecule has 0 bridgehead atoms. The highest BCUT2D eigenvalue weighted by Crippen LogP contribution is 2.11. The maximum absolute atomic E-state index is 11.4. The van der Waals surface area contributed by atoms with Gasteiger partial charge in [-0.2, -0.15) is 5.10 Å². The Kier molecular flexibility index (Phi) is 6.20. The molecule has 0 fully saturated rings. The van der Waals surface area contributed by atoms with Crippen LogP contribution in [0.15, 0.2) is 0 Å². The Balaban J connectivity index is 2.17. The quantitative estimate of drug-likeness (QED) is 0.788. The van der Waals surface area contributed by atoms with Gasteiger partial charge in [0.05, 0.1) is 5.69 Å². The lowest BCUT2D eigenvalue weighted by Crippen LogP contribution is -2.33. The van der Waals surface area contributed by atoms with Crippen LogP contribution in [0.1, 0.15) is 44.1 Å². The van der Waals surface area contributed by atoms with Crippen LogP contribution in [0.25, 0.3) is 0 Å². The first-order valence-corrected chi connectivity index (χ1v) is 7.37. The van der Waals surface area contributed by atoms with Gasteiger partial charge in [-0.05, 0) is 47.6 Å². The summed E-state index contributed by atoms with van der Waals surface area (Å²) in [5.74, 6) is 0. The van der Waals surface area contributed by atoms with Crippen LogP contribution >= 0.6 is 0 Å². The molecule has 0 aliphatic heterocycles. The average molecular weight is 296 g/mol. The van der Waals surface area contributed by atoms with Crippen LogP contribution in [0.3, 0.4) is 0 Å². The fourth-order valence-electron chi connectivity index (χ4n) is 2.00. The summed E-state index contributed by atoms with van der Waals surface area (Å²) in [5, 5.41) is 10.5. The van der Waals surface area contributed by atoms with Crippen molar-refractivity contribution in [2.75, 3.05) is 13.1 Å². The van der Waals surface area contributed by atoms with E-state index in [1.165, 1.54) is 11.3 Å². The van der Waals surface area contributed by atoms with Crippen LogP contribution in [0.4, 0.5) is 4.79 Å². The Morgan fingerprint density at radius 1 is 1.29 bits per heavy atom. The van der Waals surface area contributed by atoms with Crippen molar-refractivity contribution in [2.45, 2.75) is 53.2 Å². The van der Waals surface area contributed by atoms with E-state index in [4.69, 9.17) is 4.74 Å². The molecule has 0 aromatic carbocycles. The topological polar surface area (TPSA) is 68.2 Å². The lowest BCUT2D eigenvalue weighted by Gasteiger charge is -2.19. The number of nitrogens with one attached hydrogen (secondary N) is 2. The zero-order valence-corrected chi connectivity index (χ0v) is 14.0. The summed E-state index contributed by atoms with van der Waals surface area (Å²) in [6.07, 6.45) is 0.499. The maximum atomic E-state index is 11.4. The van der Waals surface area contributed by atoms with Gasteiger partial charge in [0.25, 0.3) is 0 Å². The normalized spacial score (nSPS) is 11.5. The first-order valence-electron chi connectivity index (χ1n) is 7.37. The monoisotopic (exact) mass is 296 g/mol. The molecule has 6 nitrogen and oxygen atoms in total. The Morgan fingerprint density at radius 2 is 1.95 bits per heavy atom. The lowest BCUT2D eigenvalue weighted by molar-refractivity contribution is 0.0527. The second kappa shape index (κ2) is 7.45. The molecule has 1 amide bonds. The molecule has 2 N–H and O–H groups in total. The van der Waals surface area contributed by atoms with Crippen LogP contribution in [-0.4, -0.2) is 34.6 Å². The molecule has 6 heteroatoms. The molecule has 1 aromatic rings. The summed E-state index contributed by atoms with van der Waals surface area (Å²) >= 11 is 0. The van der Waals surface area contributed by atoms with Crippen molar-refractivity contribution in [3.63, 3.8) is 0 Å². The Bertz CT molecular complexity index is 475. The molecule has 0 unspecified atom stereocenters. The van der Waals surface area contributed by atoms with Gasteiger partial charge < -0.3 is 15.4 Å². The average Bonchev–Trinajstić information content (AvgIpc) is 2.57. The third kappa shape index (κ3) is 6.16. The number of aromatic nitrogens is 2. The van der Waals surface area contributed by atoms with Gasteiger partial charge in [0.15, 0.2) is 0 Å². The minimum Gasteiger partial charge on any atom is -0.444 e. The number of rotatable bonds is 6. The van der Waals surface area contributed by atoms with Gasteiger partial charge in [-0.25, -0.2) is 4.79 Å². The van der Waals surface area contributed by atoms with Gasteiger partial charge in [0.2, 0.25) is 0 Å². The summed E-state index contributed by atoms with van der Waals surface area (Å²) in [4.78, 5) is 11.4. The molecule has 1 aromatic heterocycles. The summed E-state index contributed by atoms with van der Waals surface area (Å²) in [6.45, 7) is 11.9. The highest BCUT2D eigenvalue weighted by atomic mass is 16.6. The van der Waals surface area contributed by atoms with Crippen LogP contribution < -0.4 is 10.6 Å². The smallest absolute Gasteiger partial charge is 0.407 e. The number of amides is 1. The van der Waals surface area contributed by atoms with E-state index in [1.807, 2.05) is 39.4 Å². The Labute approximate surface area is 127 Å². The van der Waals surface area contributed by atoms with Crippen molar-refractivity contribution < 1.29 is 9.53 Å². The van der Waals surface area contributed by atoms with E-state index in [0.29, 0.717) is 6.54 Å². The lowest BCUT2D eigenvalue weighted by atomic mass is 10.2. The van der Waals surface area contributed by atoms with Gasteiger partial charge in [-0.15, -0.1) is 0 Å². The third-order valence-corrected chi connectivity index (χ3v) is 3.16. The standard InChI is InChI=1S/C15H28N4O2/c1-11-13(12(2)19(6)18-11)10-16-8-7-9-17-14(20)21-15(3,4)5/h16H,7-10H2,1-6H3,(H,17,20). The first-order chi connectivity index (χ1) is 9.70. The van der Waals surface area contributed by atoms with E-state index in [9.17, 15) is 4.79 Å². The van der Waals surface area contributed by atoms with Crippen molar-refractivity contribution in [1.29, 1.82) is 0 Å². The number of hydrogen-bond acceptors (Lipinski definition) is 4. The van der Waals surface area contributed by atoms with Gasteiger partial charge in [-0.3, -0.25) is 4.68 Å². The van der Waals surface area contributed by atoms with Crippen molar-refractivity contribution in [2.24, 2.45) is 7.05 Å². The molecule has 1 heterocycles. The van der Waals surface area contributed by atoms with Gasteiger partial charge in [-0.1, -0.05) is 0 Å². The predicted octanol–water partition coefficient (Wildman–Crippen LogP) is 2.04. The molecule has 0 aliphatic carbocycles. The molecule has 0 saturated carbocycles. The minimum atomic E-state index is -0.447. The molecular weight excluding hydrogens is 268 g/mol. The number of carbonyl (C=O) groups excluding carboxylic acids is 1. The molecule has 0 aliphatic rings. The summed E-state index contributed by atoms with van der Waals surface area (Å²) in [5.41, 5.74) is 3.05. The van der Waals surface area contributed by atoms with Crippen LogP contribution in [-0.2, 0) is 18.3 Å². The number of nitrogens with zero attached hydrogens (tertiary/aromatic N) is 2. The Morgan fingerprint density at radius 3 is 2.48 bits per heavy atom. The summed E-state index contributed by atoms with van der Waals surface area (Å²) in [7, 11) is 1.95. The maximum Gasteiger partial charge on any atom is 0.407 e. The van der Waals surface area contributed by atoms with E-state index >= 15 is 0 Å². The van der Waals surface area contributed by atoms with Gasteiger partial charge in [0, 0.05) is 31.4 Å². The molecule has 21 heavy (non-hydrogen) atoms. The zero-order chi connectivity index (χ0) is 16.0. The molecule has 0 saturated heterocycles. The molecule has 0 spiro atoms. The van der Waals surface area contributed by atoms with E-state index in [-0.39, 0.29) is 6.09 Å². The van der Waals surface area contributed by atoms with E-state index in [1.54, 1.807) is 0 Å². The van der Waals surface area contributed by atoms with Crippen molar-refractivity contribution >= 4 is 6.09 Å². The van der Waals surface area contributed by atoms with E-state index in [0.717, 1.165) is 25.2 Å². The zero-order valence-electron chi connectivity index (χ0n) is 14.0. The summed E-state index contributed by atoms with van der Waals surface area (Å²) < 4.78 is 7.07. The molecule has 1 rings (SSSR count). The Hall–Kier alpha value is -1.56. The highest BCUT2D eigenvalue weighted by Gasteiger charge is 2.15. The van der Waals surface area contributed by atoms with E-state index < -0.39 is 5.60 Å². The fourth-order valence-corrected chi connectivity index (χ4v) is 2.00. The largest absolute Gasteiger partial charge is 0.444 e. The fraction of sp³-hybridized carbons (Fsp3) is 0.733. The van der Waals surface area contributed by atoms with Gasteiger partial charge in [0.1, 0.15) is 5.60 Å². The minimum absolute atomic E-state index is 0.360. The number of aryl methyl sites for hydroxylation is 2. The number of carbonyl (C=O) groups is 1.